The highest BCUT2D eigenvalue weighted by Crippen LogP contribution is 2.32. The zero-order valence-corrected chi connectivity index (χ0v) is 11.2. The first-order chi connectivity index (χ1) is 8.74. The van der Waals surface area contributed by atoms with Gasteiger partial charge in [-0.25, -0.2) is 0 Å². The Kier molecular flexibility index (Phi) is 4.38. The molecule has 1 aliphatic carbocycles. The Labute approximate surface area is 110 Å². The molecular weight excluding hydrogens is 220 g/mol. The maximum absolute atomic E-state index is 9.50. The van der Waals surface area contributed by atoms with E-state index in [1.807, 2.05) is 18.2 Å². The van der Waals surface area contributed by atoms with Crippen LogP contribution in [0.15, 0.2) is 30.3 Å². The zero-order chi connectivity index (χ0) is 12.8. The summed E-state index contributed by atoms with van der Waals surface area (Å²) in [6.45, 7) is 2.84. The van der Waals surface area contributed by atoms with Gasteiger partial charge in [0.1, 0.15) is 5.54 Å². The first kappa shape index (κ1) is 13.1. The molecule has 1 saturated carbocycles. The largest absolute Gasteiger partial charge is 0.295 e. The lowest BCUT2D eigenvalue weighted by molar-refractivity contribution is 0.226. The lowest BCUT2D eigenvalue weighted by Gasteiger charge is -2.35. The molecule has 1 atom stereocenters. The molecule has 2 rings (SSSR count). The summed E-state index contributed by atoms with van der Waals surface area (Å²) in [5.74, 6) is 0.500. The number of nitrogens with one attached hydrogen (secondary N) is 1. The predicted octanol–water partition coefficient (Wildman–Crippen LogP) is 3.64. The molecule has 2 heteroatoms. The van der Waals surface area contributed by atoms with Crippen molar-refractivity contribution in [2.75, 3.05) is 0 Å². The summed E-state index contributed by atoms with van der Waals surface area (Å²) >= 11 is 0. The summed E-state index contributed by atoms with van der Waals surface area (Å²) in [5, 5.41) is 13.0. The van der Waals surface area contributed by atoms with E-state index in [-0.39, 0.29) is 5.54 Å². The first-order valence-corrected chi connectivity index (χ1v) is 6.95. The molecule has 0 saturated heterocycles. The second-order valence-corrected chi connectivity index (χ2v) is 5.49. The van der Waals surface area contributed by atoms with E-state index in [1.165, 1.54) is 37.7 Å². The molecule has 1 N–H and O–H groups in total. The Morgan fingerprint density at radius 1 is 1.22 bits per heavy atom. The van der Waals surface area contributed by atoms with Crippen molar-refractivity contribution in [2.45, 2.75) is 51.1 Å². The van der Waals surface area contributed by atoms with E-state index >= 15 is 0 Å². The molecule has 0 heterocycles. The molecule has 1 unspecified atom stereocenters. The van der Waals surface area contributed by atoms with Crippen LogP contribution in [-0.2, 0) is 6.54 Å². The Hall–Kier alpha value is -1.33. The zero-order valence-electron chi connectivity index (χ0n) is 11.2. The summed E-state index contributed by atoms with van der Waals surface area (Å²) in [6, 6.07) is 12.8. The third-order valence-corrected chi connectivity index (χ3v) is 4.16. The van der Waals surface area contributed by atoms with Gasteiger partial charge in [-0.05, 0) is 31.2 Å². The van der Waals surface area contributed by atoms with E-state index in [4.69, 9.17) is 0 Å². The Morgan fingerprint density at radius 2 is 1.89 bits per heavy atom. The van der Waals surface area contributed by atoms with Crippen LogP contribution >= 0.6 is 0 Å². The van der Waals surface area contributed by atoms with E-state index in [0.29, 0.717) is 5.92 Å². The molecule has 0 bridgehead atoms. The molecule has 1 aromatic carbocycles. The van der Waals surface area contributed by atoms with E-state index in [1.54, 1.807) is 0 Å². The van der Waals surface area contributed by atoms with Crippen molar-refractivity contribution in [3.8, 4) is 6.07 Å². The quantitative estimate of drug-likeness (QED) is 0.875. The van der Waals surface area contributed by atoms with Crippen molar-refractivity contribution in [1.29, 1.82) is 5.26 Å². The SMILES string of the molecule is CC(C#N)(NCc1ccccc1)C1CCCCC1. The van der Waals surface area contributed by atoms with Crippen LogP contribution in [-0.4, -0.2) is 5.54 Å². The summed E-state index contributed by atoms with van der Waals surface area (Å²) < 4.78 is 0. The number of hydrogen-bond donors (Lipinski definition) is 1. The molecular formula is C16H22N2. The normalized spacial score (nSPS) is 20.0. The molecule has 0 radical (unpaired) electrons. The second-order valence-electron chi connectivity index (χ2n) is 5.49. The summed E-state index contributed by atoms with van der Waals surface area (Å²) in [4.78, 5) is 0. The smallest absolute Gasteiger partial charge is 0.107 e. The standard InChI is InChI=1S/C16H22N2/c1-16(13-17,15-10-6-3-7-11-15)18-12-14-8-4-2-5-9-14/h2,4-5,8-9,15,18H,3,6-7,10-12H2,1H3. The van der Waals surface area contributed by atoms with Crippen molar-refractivity contribution in [3.63, 3.8) is 0 Å². The van der Waals surface area contributed by atoms with Gasteiger partial charge < -0.3 is 0 Å². The average Bonchev–Trinajstić information content (AvgIpc) is 2.47. The van der Waals surface area contributed by atoms with E-state index < -0.39 is 0 Å². The van der Waals surface area contributed by atoms with Gasteiger partial charge >= 0.3 is 0 Å². The lowest BCUT2D eigenvalue weighted by Crippen LogP contribution is -2.47. The summed E-state index contributed by atoms with van der Waals surface area (Å²) in [5.41, 5.74) is 0.866. The molecule has 0 amide bonds. The number of nitrogens with zero attached hydrogens (tertiary/aromatic N) is 1. The van der Waals surface area contributed by atoms with Crippen molar-refractivity contribution >= 4 is 0 Å². The van der Waals surface area contributed by atoms with Gasteiger partial charge in [-0.15, -0.1) is 0 Å². The average molecular weight is 242 g/mol. The van der Waals surface area contributed by atoms with E-state index in [0.717, 1.165) is 6.54 Å². The molecule has 96 valence electrons. The maximum Gasteiger partial charge on any atom is 0.107 e. The molecule has 18 heavy (non-hydrogen) atoms. The van der Waals surface area contributed by atoms with Gasteiger partial charge in [0.25, 0.3) is 0 Å². The van der Waals surface area contributed by atoms with Gasteiger partial charge in [0.2, 0.25) is 0 Å². The van der Waals surface area contributed by atoms with Crippen molar-refractivity contribution in [1.82, 2.24) is 5.32 Å². The van der Waals surface area contributed by atoms with Crippen LogP contribution in [0.5, 0.6) is 0 Å². The molecule has 1 fully saturated rings. The Morgan fingerprint density at radius 3 is 2.50 bits per heavy atom. The van der Waals surface area contributed by atoms with E-state index in [2.05, 4.69) is 30.4 Å². The molecule has 0 spiro atoms. The number of nitriles is 1. The topological polar surface area (TPSA) is 35.8 Å². The maximum atomic E-state index is 9.50. The van der Waals surface area contributed by atoms with Crippen molar-refractivity contribution < 1.29 is 0 Å². The minimum absolute atomic E-state index is 0.379. The highest BCUT2D eigenvalue weighted by atomic mass is 15.0. The highest BCUT2D eigenvalue weighted by molar-refractivity contribution is 5.16. The predicted molar refractivity (Wildman–Crippen MR) is 73.9 cm³/mol. The van der Waals surface area contributed by atoms with Crippen LogP contribution in [0.25, 0.3) is 0 Å². The molecule has 0 aliphatic heterocycles. The van der Waals surface area contributed by atoms with Gasteiger partial charge in [0.05, 0.1) is 6.07 Å². The number of rotatable bonds is 4. The monoisotopic (exact) mass is 242 g/mol. The minimum Gasteiger partial charge on any atom is -0.295 e. The second kappa shape index (κ2) is 6.02. The van der Waals surface area contributed by atoms with Crippen molar-refractivity contribution in [2.24, 2.45) is 5.92 Å². The van der Waals surface area contributed by atoms with Gasteiger partial charge in [-0.3, -0.25) is 5.32 Å². The lowest BCUT2D eigenvalue weighted by atomic mass is 9.76. The van der Waals surface area contributed by atoms with Crippen LogP contribution in [0.2, 0.25) is 0 Å². The van der Waals surface area contributed by atoms with Crippen LogP contribution in [0.3, 0.4) is 0 Å². The fourth-order valence-corrected chi connectivity index (χ4v) is 2.84. The fourth-order valence-electron chi connectivity index (χ4n) is 2.84. The Balaban J connectivity index is 1.97. The fraction of sp³-hybridized carbons (Fsp3) is 0.562. The molecule has 1 aromatic rings. The van der Waals surface area contributed by atoms with Gasteiger partial charge in [0.15, 0.2) is 0 Å². The third kappa shape index (κ3) is 3.11. The number of hydrogen-bond acceptors (Lipinski definition) is 2. The Bertz CT molecular complexity index is 401. The van der Waals surface area contributed by atoms with Crippen LogP contribution < -0.4 is 5.32 Å². The van der Waals surface area contributed by atoms with Crippen LogP contribution in [0.4, 0.5) is 0 Å². The molecule has 1 aliphatic rings. The summed E-state index contributed by atoms with van der Waals surface area (Å²) in [6.07, 6.45) is 6.25. The number of benzene rings is 1. The van der Waals surface area contributed by atoms with E-state index in [9.17, 15) is 5.26 Å². The van der Waals surface area contributed by atoms with Gasteiger partial charge in [0, 0.05) is 6.54 Å². The van der Waals surface area contributed by atoms with Gasteiger partial charge in [-0.1, -0.05) is 49.6 Å². The van der Waals surface area contributed by atoms with Gasteiger partial charge in [-0.2, -0.15) is 5.26 Å². The van der Waals surface area contributed by atoms with Crippen molar-refractivity contribution in [3.05, 3.63) is 35.9 Å². The molecule has 2 nitrogen and oxygen atoms in total. The minimum atomic E-state index is -0.379. The van der Waals surface area contributed by atoms with Crippen LogP contribution in [0, 0.1) is 17.2 Å². The first-order valence-electron chi connectivity index (χ1n) is 6.95. The summed E-state index contributed by atoms with van der Waals surface area (Å²) in [7, 11) is 0. The molecule has 0 aromatic heterocycles. The highest BCUT2D eigenvalue weighted by Gasteiger charge is 2.34. The van der Waals surface area contributed by atoms with Crippen LogP contribution in [0.1, 0.15) is 44.6 Å². The third-order valence-electron chi connectivity index (χ3n) is 4.16.